The molecule has 2 amide bonds. The highest BCUT2D eigenvalue weighted by molar-refractivity contribution is 5.76. The van der Waals surface area contributed by atoms with Crippen LogP contribution in [-0.4, -0.2) is 52.6 Å². The molecule has 0 saturated carbocycles. The van der Waals surface area contributed by atoms with Crippen LogP contribution in [0.15, 0.2) is 12.7 Å². The zero-order chi connectivity index (χ0) is 13.7. The average Bonchev–Trinajstić information content (AvgIpc) is 2.35. The van der Waals surface area contributed by atoms with Crippen LogP contribution in [0, 0.1) is 5.92 Å². The highest BCUT2D eigenvalue weighted by atomic mass is 16.4. The maximum absolute atomic E-state index is 12.3. The summed E-state index contributed by atoms with van der Waals surface area (Å²) in [5.74, 6) is -1.06. The van der Waals surface area contributed by atoms with Crippen LogP contribution in [0.25, 0.3) is 0 Å². The van der Waals surface area contributed by atoms with Gasteiger partial charge in [0.15, 0.2) is 0 Å². The molecule has 0 aromatic carbocycles. The second-order valence-corrected chi connectivity index (χ2v) is 4.92. The van der Waals surface area contributed by atoms with Crippen LogP contribution in [0.2, 0.25) is 0 Å². The summed E-state index contributed by atoms with van der Waals surface area (Å²) in [4.78, 5) is 26.6. The van der Waals surface area contributed by atoms with E-state index >= 15 is 0 Å². The molecule has 102 valence electrons. The summed E-state index contributed by atoms with van der Waals surface area (Å²) in [6.45, 7) is 9.15. The molecule has 0 atom stereocenters. The van der Waals surface area contributed by atoms with Gasteiger partial charge in [-0.3, -0.25) is 4.79 Å². The number of carbonyl (C=O) groups is 2. The van der Waals surface area contributed by atoms with E-state index in [4.69, 9.17) is 5.11 Å². The summed E-state index contributed by atoms with van der Waals surface area (Å²) in [5, 5.41) is 8.92. The van der Waals surface area contributed by atoms with E-state index in [2.05, 4.69) is 6.58 Å². The van der Waals surface area contributed by atoms with Crippen molar-refractivity contribution >= 4 is 12.0 Å². The summed E-state index contributed by atoms with van der Waals surface area (Å²) in [6.07, 6.45) is 2.80. The number of carboxylic acids is 1. The molecular formula is C13H22N2O3. The largest absolute Gasteiger partial charge is 0.481 e. The summed E-state index contributed by atoms with van der Waals surface area (Å²) in [5.41, 5.74) is 0. The maximum atomic E-state index is 12.3. The van der Waals surface area contributed by atoms with Gasteiger partial charge in [0.2, 0.25) is 0 Å². The third-order valence-electron chi connectivity index (χ3n) is 3.31. The van der Waals surface area contributed by atoms with Crippen LogP contribution in [0.4, 0.5) is 4.79 Å². The van der Waals surface area contributed by atoms with Crippen molar-refractivity contribution in [3.8, 4) is 0 Å². The Bertz CT molecular complexity index is 320. The molecule has 1 saturated heterocycles. The first-order valence-corrected chi connectivity index (χ1v) is 6.36. The fourth-order valence-electron chi connectivity index (χ4n) is 2.15. The Morgan fingerprint density at radius 2 is 2.00 bits per heavy atom. The second kappa shape index (κ2) is 6.42. The Morgan fingerprint density at radius 1 is 1.44 bits per heavy atom. The topological polar surface area (TPSA) is 60.9 Å². The van der Waals surface area contributed by atoms with E-state index in [1.807, 2.05) is 13.8 Å². The number of aliphatic carboxylic acids is 1. The fraction of sp³-hybridized carbons (Fsp3) is 0.692. The smallest absolute Gasteiger partial charge is 0.320 e. The summed E-state index contributed by atoms with van der Waals surface area (Å²) >= 11 is 0. The molecule has 0 aliphatic carbocycles. The predicted octanol–water partition coefficient (Wildman–Crippen LogP) is 1.80. The van der Waals surface area contributed by atoms with E-state index < -0.39 is 5.97 Å². The van der Waals surface area contributed by atoms with Crippen LogP contribution >= 0.6 is 0 Å². The predicted molar refractivity (Wildman–Crippen MR) is 69.4 cm³/mol. The van der Waals surface area contributed by atoms with Crippen molar-refractivity contribution in [2.45, 2.75) is 32.7 Å². The van der Waals surface area contributed by atoms with Gasteiger partial charge in [-0.25, -0.2) is 4.79 Å². The van der Waals surface area contributed by atoms with Crippen molar-refractivity contribution < 1.29 is 14.7 Å². The Balaban J connectivity index is 2.57. The van der Waals surface area contributed by atoms with Gasteiger partial charge in [-0.15, -0.1) is 6.58 Å². The molecule has 0 spiro atoms. The molecule has 1 heterocycles. The minimum absolute atomic E-state index is 0.0197. The first-order valence-electron chi connectivity index (χ1n) is 6.36. The first-order chi connectivity index (χ1) is 8.47. The average molecular weight is 254 g/mol. The molecule has 0 aromatic rings. The highest BCUT2D eigenvalue weighted by Crippen LogP contribution is 2.19. The van der Waals surface area contributed by atoms with Gasteiger partial charge < -0.3 is 14.9 Å². The lowest BCUT2D eigenvalue weighted by atomic mass is 9.97. The molecule has 0 bridgehead atoms. The molecule has 18 heavy (non-hydrogen) atoms. The fourth-order valence-corrected chi connectivity index (χ4v) is 2.15. The lowest BCUT2D eigenvalue weighted by Crippen LogP contribution is -2.49. The van der Waals surface area contributed by atoms with Crippen molar-refractivity contribution in [1.29, 1.82) is 0 Å². The van der Waals surface area contributed by atoms with E-state index in [-0.39, 0.29) is 18.0 Å². The minimum Gasteiger partial charge on any atom is -0.481 e. The molecule has 0 radical (unpaired) electrons. The van der Waals surface area contributed by atoms with Crippen LogP contribution < -0.4 is 0 Å². The van der Waals surface area contributed by atoms with Gasteiger partial charge in [0, 0.05) is 25.7 Å². The summed E-state index contributed by atoms with van der Waals surface area (Å²) < 4.78 is 0. The molecule has 1 rings (SSSR count). The number of nitrogens with zero attached hydrogens (tertiary/aromatic N) is 2. The molecule has 5 heteroatoms. The molecule has 5 nitrogen and oxygen atoms in total. The van der Waals surface area contributed by atoms with E-state index in [0.717, 1.165) is 0 Å². The number of hydrogen-bond acceptors (Lipinski definition) is 2. The minimum atomic E-state index is -0.756. The third-order valence-corrected chi connectivity index (χ3v) is 3.31. The van der Waals surface area contributed by atoms with E-state index in [1.54, 1.807) is 15.9 Å². The van der Waals surface area contributed by atoms with Crippen LogP contribution in [0.1, 0.15) is 26.7 Å². The Morgan fingerprint density at radius 3 is 2.39 bits per heavy atom. The zero-order valence-electron chi connectivity index (χ0n) is 11.1. The lowest BCUT2D eigenvalue weighted by molar-refractivity contribution is -0.143. The van der Waals surface area contributed by atoms with Gasteiger partial charge in [0.25, 0.3) is 0 Å². The lowest BCUT2D eigenvalue weighted by Gasteiger charge is -2.36. The van der Waals surface area contributed by atoms with E-state index in [9.17, 15) is 9.59 Å². The van der Waals surface area contributed by atoms with Crippen LogP contribution in [0.3, 0.4) is 0 Å². The number of urea groups is 1. The normalized spacial score (nSPS) is 16.7. The molecular weight excluding hydrogens is 232 g/mol. The van der Waals surface area contributed by atoms with Crippen molar-refractivity contribution in [3.05, 3.63) is 12.7 Å². The molecule has 0 unspecified atom stereocenters. The number of rotatable bonds is 4. The number of piperidine rings is 1. The van der Waals surface area contributed by atoms with Gasteiger partial charge in [-0.05, 0) is 26.7 Å². The van der Waals surface area contributed by atoms with Gasteiger partial charge in [0.05, 0.1) is 5.92 Å². The summed E-state index contributed by atoms with van der Waals surface area (Å²) in [6, 6.07) is 0.0986. The van der Waals surface area contributed by atoms with E-state index in [1.165, 1.54) is 0 Å². The van der Waals surface area contributed by atoms with Crippen LogP contribution in [0.5, 0.6) is 0 Å². The molecule has 1 N–H and O–H groups in total. The van der Waals surface area contributed by atoms with Crippen molar-refractivity contribution in [2.75, 3.05) is 19.6 Å². The molecule has 1 aliphatic heterocycles. The van der Waals surface area contributed by atoms with Crippen molar-refractivity contribution in [3.63, 3.8) is 0 Å². The van der Waals surface area contributed by atoms with Gasteiger partial charge >= 0.3 is 12.0 Å². The van der Waals surface area contributed by atoms with Crippen molar-refractivity contribution in [2.24, 2.45) is 5.92 Å². The Kier molecular flexibility index (Phi) is 5.19. The number of likely N-dealkylation sites (tertiary alicyclic amines) is 1. The number of hydrogen-bond donors (Lipinski definition) is 1. The molecule has 0 aromatic heterocycles. The highest BCUT2D eigenvalue weighted by Gasteiger charge is 2.29. The SMILES string of the molecule is C=CCN(C(=O)N1CCC(C(=O)O)CC1)C(C)C. The second-order valence-electron chi connectivity index (χ2n) is 4.92. The Hall–Kier alpha value is -1.52. The first kappa shape index (κ1) is 14.5. The number of carboxylic acid groups (broad SMARTS) is 1. The van der Waals surface area contributed by atoms with Gasteiger partial charge in [-0.1, -0.05) is 6.08 Å². The van der Waals surface area contributed by atoms with Gasteiger partial charge in [-0.2, -0.15) is 0 Å². The Labute approximate surface area is 108 Å². The monoisotopic (exact) mass is 254 g/mol. The zero-order valence-corrected chi connectivity index (χ0v) is 11.1. The molecule has 1 fully saturated rings. The van der Waals surface area contributed by atoms with Crippen molar-refractivity contribution in [1.82, 2.24) is 9.80 Å². The maximum Gasteiger partial charge on any atom is 0.320 e. The standard InChI is InChI=1S/C13H22N2O3/c1-4-7-15(10(2)3)13(18)14-8-5-11(6-9-14)12(16)17/h4,10-11H,1,5-9H2,2-3H3,(H,16,17). The molecule has 1 aliphatic rings. The van der Waals surface area contributed by atoms with E-state index in [0.29, 0.717) is 32.5 Å². The van der Waals surface area contributed by atoms with Crippen LogP contribution in [-0.2, 0) is 4.79 Å². The number of amides is 2. The summed E-state index contributed by atoms with van der Waals surface area (Å²) in [7, 11) is 0. The quantitative estimate of drug-likeness (QED) is 0.778. The van der Waals surface area contributed by atoms with Gasteiger partial charge in [0.1, 0.15) is 0 Å². The number of carbonyl (C=O) groups excluding carboxylic acids is 1. The third kappa shape index (κ3) is 3.48.